The van der Waals surface area contributed by atoms with E-state index >= 15 is 0 Å². The minimum absolute atomic E-state index is 0.0868. The molecule has 2 rings (SSSR count). The monoisotopic (exact) mass is 164 g/mol. The quantitative estimate of drug-likeness (QED) is 0.525. The molecule has 0 amide bonds. The molecule has 0 heterocycles. The lowest BCUT2D eigenvalue weighted by Gasteiger charge is -2.02. The van der Waals surface area contributed by atoms with E-state index < -0.39 is 12.2 Å². The lowest BCUT2D eigenvalue weighted by Crippen LogP contribution is -1.91. The predicted octanol–water partition coefficient (Wildman–Crippen LogP) is 0.554. The number of hydrogen-bond donors (Lipinski definition) is 3. The first-order valence-electron chi connectivity index (χ1n) is 3.63. The predicted molar refractivity (Wildman–Crippen MR) is 41.3 cm³/mol. The largest absolute Gasteiger partial charge is 0.508 e. The van der Waals surface area contributed by atoms with E-state index in [0.29, 0.717) is 11.1 Å². The first kappa shape index (κ1) is 7.58. The Kier molecular flexibility index (Phi) is 1.56. The molecule has 62 valence electrons. The van der Waals surface area contributed by atoms with Crippen LogP contribution in [0.4, 0.5) is 0 Å². The summed E-state index contributed by atoms with van der Waals surface area (Å²) in [6.45, 7) is 0. The minimum Gasteiger partial charge on any atom is -0.508 e. The summed E-state index contributed by atoms with van der Waals surface area (Å²) in [6.07, 6.45) is 0.785. The van der Waals surface area contributed by atoms with Crippen molar-refractivity contribution in [3.8, 4) is 5.75 Å². The highest BCUT2D eigenvalue weighted by molar-refractivity contribution is 5.43. The van der Waals surface area contributed by atoms with E-state index in [-0.39, 0.29) is 5.75 Å². The van der Waals surface area contributed by atoms with Crippen molar-refractivity contribution in [3.05, 3.63) is 35.7 Å². The Labute approximate surface area is 69.9 Å². The molecule has 1 aromatic carbocycles. The molecule has 12 heavy (non-hydrogen) atoms. The molecule has 0 saturated carbocycles. The Balaban J connectivity index is 2.53. The fourth-order valence-corrected chi connectivity index (χ4v) is 1.38. The summed E-state index contributed by atoms with van der Waals surface area (Å²) < 4.78 is 0. The van der Waals surface area contributed by atoms with Crippen LogP contribution < -0.4 is 0 Å². The maximum absolute atomic E-state index is 9.29. The minimum atomic E-state index is -0.887. The molecule has 0 spiro atoms. The molecule has 3 heteroatoms. The van der Waals surface area contributed by atoms with Gasteiger partial charge in [-0.05, 0) is 23.3 Å². The zero-order valence-electron chi connectivity index (χ0n) is 6.23. The van der Waals surface area contributed by atoms with Crippen molar-refractivity contribution in [1.82, 2.24) is 0 Å². The number of aromatic hydroxyl groups is 1. The summed E-state index contributed by atoms with van der Waals surface area (Å²) in [5.74, 6) is 0.0868. The molecular formula is C9H8O3. The van der Waals surface area contributed by atoms with Gasteiger partial charge in [-0.1, -0.05) is 6.07 Å². The molecule has 2 unspecified atom stereocenters. The first-order chi connectivity index (χ1) is 5.68. The van der Waals surface area contributed by atoms with Crippen molar-refractivity contribution in [2.24, 2.45) is 0 Å². The van der Waals surface area contributed by atoms with Crippen molar-refractivity contribution in [2.75, 3.05) is 0 Å². The van der Waals surface area contributed by atoms with Crippen LogP contribution in [-0.4, -0.2) is 15.3 Å². The topological polar surface area (TPSA) is 60.7 Å². The molecule has 3 N–H and O–H groups in total. The van der Waals surface area contributed by atoms with Gasteiger partial charge in [0.2, 0.25) is 0 Å². The van der Waals surface area contributed by atoms with Crippen molar-refractivity contribution in [3.63, 3.8) is 0 Å². The standard InChI is InChI=1S/C9H8O3/c10-5-1-2-6-7(3-5)9(12)4-8(6)11/h1-3,8-12H. The smallest absolute Gasteiger partial charge is 0.115 e. The molecule has 2 radical (unpaired) electrons. The van der Waals surface area contributed by atoms with Gasteiger partial charge in [-0.15, -0.1) is 0 Å². The molecule has 0 fully saturated rings. The summed E-state index contributed by atoms with van der Waals surface area (Å²) in [7, 11) is 0. The number of aliphatic hydroxyl groups excluding tert-OH is 2. The van der Waals surface area contributed by atoms with Gasteiger partial charge in [-0.3, -0.25) is 0 Å². The molecule has 1 aromatic rings. The van der Waals surface area contributed by atoms with E-state index in [9.17, 15) is 10.2 Å². The number of fused-ring (bicyclic) bond motifs is 1. The van der Waals surface area contributed by atoms with Crippen molar-refractivity contribution >= 4 is 0 Å². The molecule has 3 nitrogen and oxygen atoms in total. The van der Waals surface area contributed by atoms with Crippen LogP contribution in [0.5, 0.6) is 5.75 Å². The van der Waals surface area contributed by atoms with Crippen LogP contribution in [-0.2, 0) is 0 Å². The highest BCUT2D eigenvalue weighted by Crippen LogP contribution is 2.38. The van der Waals surface area contributed by atoms with E-state index in [1.54, 1.807) is 6.07 Å². The second kappa shape index (κ2) is 2.47. The van der Waals surface area contributed by atoms with Gasteiger partial charge in [-0.2, -0.15) is 0 Å². The van der Waals surface area contributed by atoms with Crippen LogP contribution in [0.25, 0.3) is 0 Å². The van der Waals surface area contributed by atoms with E-state index in [4.69, 9.17) is 5.11 Å². The van der Waals surface area contributed by atoms with E-state index in [1.165, 1.54) is 12.1 Å². The van der Waals surface area contributed by atoms with Crippen LogP contribution in [0, 0.1) is 6.42 Å². The Bertz CT molecular complexity index is 309. The van der Waals surface area contributed by atoms with Gasteiger partial charge < -0.3 is 15.3 Å². The summed E-state index contributed by atoms with van der Waals surface area (Å²) in [6, 6.07) is 4.49. The molecular weight excluding hydrogens is 156 g/mol. The zero-order chi connectivity index (χ0) is 8.72. The Morgan fingerprint density at radius 2 is 1.75 bits per heavy atom. The Morgan fingerprint density at radius 3 is 2.50 bits per heavy atom. The second-order valence-corrected chi connectivity index (χ2v) is 2.78. The lowest BCUT2D eigenvalue weighted by molar-refractivity contribution is 0.165. The van der Waals surface area contributed by atoms with Gasteiger partial charge >= 0.3 is 0 Å². The maximum atomic E-state index is 9.29. The van der Waals surface area contributed by atoms with Crippen molar-refractivity contribution in [1.29, 1.82) is 0 Å². The number of hydrogen-bond acceptors (Lipinski definition) is 3. The third-order valence-corrected chi connectivity index (χ3v) is 1.98. The summed E-state index contributed by atoms with van der Waals surface area (Å²) in [5, 5.41) is 27.7. The maximum Gasteiger partial charge on any atom is 0.115 e. The average Bonchev–Trinajstić information content (AvgIpc) is 2.28. The lowest BCUT2D eigenvalue weighted by atomic mass is 10.1. The molecule has 0 bridgehead atoms. The highest BCUT2D eigenvalue weighted by Gasteiger charge is 2.28. The van der Waals surface area contributed by atoms with Crippen LogP contribution in [0.15, 0.2) is 18.2 Å². The fourth-order valence-electron chi connectivity index (χ4n) is 1.38. The van der Waals surface area contributed by atoms with Crippen LogP contribution >= 0.6 is 0 Å². The van der Waals surface area contributed by atoms with Gasteiger partial charge in [0.05, 0.1) is 18.6 Å². The Hall–Kier alpha value is -1.06. The SMILES string of the molecule is Oc1ccc2c(c1)C(O)[C]C2O. The van der Waals surface area contributed by atoms with E-state index in [0.717, 1.165) is 0 Å². The molecule has 1 aliphatic rings. The van der Waals surface area contributed by atoms with Gasteiger partial charge in [-0.25, -0.2) is 0 Å². The number of phenolic OH excluding ortho intramolecular Hbond substituents is 1. The van der Waals surface area contributed by atoms with E-state index in [2.05, 4.69) is 6.42 Å². The normalized spacial score (nSPS) is 27.2. The van der Waals surface area contributed by atoms with Gasteiger partial charge in [0.25, 0.3) is 0 Å². The van der Waals surface area contributed by atoms with Gasteiger partial charge in [0, 0.05) is 0 Å². The number of benzene rings is 1. The zero-order valence-corrected chi connectivity index (χ0v) is 6.23. The first-order valence-corrected chi connectivity index (χ1v) is 3.63. The molecule has 0 aliphatic heterocycles. The summed E-state index contributed by atoms with van der Waals surface area (Å²) in [4.78, 5) is 0. The third-order valence-electron chi connectivity index (χ3n) is 1.98. The molecule has 0 saturated heterocycles. The number of phenols is 1. The Morgan fingerprint density at radius 1 is 1.08 bits per heavy atom. The third kappa shape index (κ3) is 0.983. The molecule has 2 atom stereocenters. The van der Waals surface area contributed by atoms with Crippen LogP contribution in [0.3, 0.4) is 0 Å². The number of aliphatic hydroxyl groups is 2. The summed E-state index contributed by atoms with van der Waals surface area (Å²) >= 11 is 0. The molecule has 1 aliphatic carbocycles. The van der Waals surface area contributed by atoms with E-state index in [1.807, 2.05) is 0 Å². The molecule has 0 aromatic heterocycles. The summed E-state index contributed by atoms with van der Waals surface area (Å²) in [5.41, 5.74) is 1.14. The fraction of sp³-hybridized carbons (Fsp3) is 0.222. The van der Waals surface area contributed by atoms with Gasteiger partial charge in [0.1, 0.15) is 5.75 Å². The van der Waals surface area contributed by atoms with Gasteiger partial charge in [0.15, 0.2) is 0 Å². The van der Waals surface area contributed by atoms with Crippen molar-refractivity contribution in [2.45, 2.75) is 12.2 Å². The second-order valence-electron chi connectivity index (χ2n) is 2.78. The van der Waals surface area contributed by atoms with Crippen LogP contribution in [0.2, 0.25) is 0 Å². The highest BCUT2D eigenvalue weighted by atomic mass is 16.3. The number of rotatable bonds is 0. The average molecular weight is 164 g/mol. The van der Waals surface area contributed by atoms with Crippen LogP contribution in [0.1, 0.15) is 23.3 Å². The van der Waals surface area contributed by atoms with Crippen molar-refractivity contribution < 1.29 is 15.3 Å².